The van der Waals surface area contributed by atoms with Crippen molar-refractivity contribution < 1.29 is 19.0 Å². The van der Waals surface area contributed by atoms with Crippen molar-refractivity contribution in [3.8, 4) is 0 Å². The van der Waals surface area contributed by atoms with Gasteiger partial charge in [0.1, 0.15) is 6.10 Å². The Balaban J connectivity index is 1.82. The molecule has 112 valence electrons. The zero-order valence-corrected chi connectivity index (χ0v) is 12.6. The van der Waals surface area contributed by atoms with Crippen molar-refractivity contribution in [2.24, 2.45) is 4.99 Å². The Bertz CT molecular complexity index is 591. The summed E-state index contributed by atoms with van der Waals surface area (Å²) < 4.78 is 16.6. The molecule has 1 fully saturated rings. The zero-order valence-electron chi connectivity index (χ0n) is 11.8. The highest BCUT2D eigenvalue weighted by Gasteiger charge is 2.62. The van der Waals surface area contributed by atoms with E-state index in [2.05, 4.69) is 4.99 Å². The summed E-state index contributed by atoms with van der Waals surface area (Å²) in [4.78, 5) is 16.2. The Kier molecular flexibility index (Phi) is 3.51. The van der Waals surface area contributed by atoms with Crippen LogP contribution in [0.25, 0.3) is 0 Å². The van der Waals surface area contributed by atoms with Crippen molar-refractivity contribution in [2.45, 2.75) is 37.4 Å². The summed E-state index contributed by atoms with van der Waals surface area (Å²) >= 11 is 6.18. The number of hydrogen-bond donors (Lipinski definition) is 0. The normalized spacial score (nSPS) is 34.5. The molecule has 0 spiro atoms. The maximum absolute atomic E-state index is 12.0. The molecule has 3 aliphatic heterocycles. The molecule has 5 nitrogen and oxygen atoms in total. The number of ether oxygens (including phenoxy) is 3. The van der Waals surface area contributed by atoms with Crippen molar-refractivity contribution in [3.63, 3.8) is 0 Å². The lowest BCUT2D eigenvalue weighted by Crippen LogP contribution is -2.66. The first kappa shape index (κ1) is 14.5. The molecule has 0 radical (unpaired) electrons. The number of nitrogens with zero attached hydrogens (tertiary/aromatic N) is 1. The van der Waals surface area contributed by atoms with E-state index in [9.17, 15) is 4.79 Å². The third-order valence-electron chi connectivity index (χ3n) is 4.02. The molecule has 3 atom stereocenters. The molecule has 3 heterocycles. The number of halogens is 1. The number of rotatable bonds is 4. The highest BCUT2D eigenvalue weighted by Crippen LogP contribution is 2.44. The molecule has 6 heteroatoms. The molecule has 21 heavy (non-hydrogen) atoms. The van der Waals surface area contributed by atoms with E-state index in [0.717, 1.165) is 5.56 Å². The number of hydrogen-bond acceptors (Lipinski definition) is 5. The van der Waals surface area contributed by atoms with Crippen LogP contribution in [-0.4, -0.2) is 35.7 Å². The fourth-order valence-corrected chi connectivity index (χ4v) is 2.90. The van der Waals surface area contributed by atoms with Gasteiger partial charge in [-0.1, -0.05) is 41.9 Å². The van der Waals surface area contributed by atoms with Gasteiger partial charge in [0.05, 0.1) is 6.61 Å². The molecule has 3 aliphatic rings. The predicted octanol–water partition coefficient (Wildman–Crippen LogP) is 2.27. The lowest BCUT2D eigenvalue weighted by Gasteiger charge is -2.49. The van der Waals surface area contributed by atoms with Crippen LogP contribution < -0.4 is 0 Å². The number of fused-ring (bicyclic) bond motifs is 2. The Morgan fingerprint density at radius 1 is 1.43 bits per heavy atom. The average Bonchev–Trinajstić information content (AvgIpc) is 2.49. The second-order valence-corrected chi connectivity index (χ2v) is 5.74. The summed E-state index contributed by atoms with van der Waals surface area (Å²) in [6.07, 6.45) is -0.109. The van der Waals surface area contributed by atoms with Gasteiger partial charge in [-0.25, -0.2) is 9.79 Å². The van der Waals surface area contributed by atoms with Crippen molar-refractivity contribution in [1.82, 2.24) is 0 Å². The first-order valence-corrected chi connectivity index (χ1v) is 7.08. The fraction of sp³-hybridized carbons (Fsp3) is 0.467. The molecule has 0 saturated carbocycles. The third kappa shape index (κ3) is 2.25. The molecule has 2 bridgehead atoms. The Labute approximate surface area is 127 Å². The monoisotopic (exact) mass is 309 g/mol. The largest absolute Gasteiger partial charge is 0.445 e. The minimum absolute atomic E-state index is 0.202. The quantitative estimate of drug-likeness (QED) is 0.801. The summed E-state index contributed by atoms with van der Waals surface area (Å²) in [5, 5.41) is 0.202. The van der Waals surface area contributed by atoms with Crippen LogP contribution in [0.4, 0.5) is 0 Å². The standard InChI is InChI=1S/C15H16ClNO4/c1-14-11(20-9-10-6-4-3-5-7-10)8-15(19-2,13(18)21-14)17-12(14)16/h3-7,11H,8-9H2,1-2H3. The minimum atomic E-state index is -1.38. The van der Waals surface area contributed by atoms with E-state index >= 15 is 0 Å². The lowest BCUT2D eigenvalue weighted by atomic mass is 9.85. The second kappa shape index (κ2) is 5.09. The van der Waals surface area contributed by atoms with Gasteiger partial charge in [-0.2, -0.15) is 0 Å². The van der Waals surface area contributed by atoms with E-state index in [1.807, 2.05) is 30.3 Å². The second-order valence-electron chi connectivity index (χ2n) is 5.38. The van der Waals surface area contributed by atoms with E-state index in [1.54, 1.807) is 6.92 Å². The molecule has 1 saturated heterocycles. The number of esters is 1. The molecule has 3 unspecified atom stereocenters. The molecular formula is C15H16ClNO4. The van der Waals surface area contributed by atoms with E-state index in [1.165, 1.54) is 7.11 Å². The molecule has 0 aliphatic carbocycles. The topological polar surface area (TPSA) is 57.1 Å². The molecule has 0 aromatic heterocycles. The molecule has 0 N–H and O–H groups in total. The molecule has 1 aromatic rings. The first-order chi connectivity index (χ1) is 10.00. The summed E-state index contributed by atoms with van der Waals surface area (Å²) in [5.74, 6) is -0.517. The molecular weight excluding hydrogens is 294 g/mol. The van der Waals surface area contributed by atoms with Gasteiger partial charge in [0.2, 0.25) is 0 Å². The van der Waals surface area contributed by atoms with Gasteiger partial charge in [0.15, 0.2) is 10.8 Å². The maximum Gasteiger partial charge on any atom is 0.362 e. The van der Waals surface area contributed by atoms with Crippen LogP contribution in [0.3, 0.4) is 0 Å². The average molecular weight is 310 g/mol. The van der Waals surface area contributed by atoms with Gasteiger partial charge in [-0.15, -0.1) is 0 Å². The SMILES string of the molecule is COC12CC(OCc3ccccc3)C(C)(OC1=O)C(Cl)=N2. The summed E-state index contributed by atoms with van der Waals surface area (Å²) in [6, 6.07) is 9.77. The molecule has 1 aromatic carbocycles. The zero-order chi connectivity index (χ0) is 15.1. The van der Waals surface area contributed by atoms with Gasteiger partial charge in [-0.05, 0) is 12.5 Å². The van der Waals surface area contributed by atoms with Crippen LogP contribution in [0.2, 0.25) is 0 Å². The Morgan fingerprint density at radius 3 is 2.81 bits per heavy atom. The van der Waals surface area contributed by atoms with E-state index in [-0.39, 0.29) is 5.17 Å². The number of aliphatic imine (C=N–C) groups is 1. The van der Waals surface area contributed by atoms with Crippen molar-refractivity contribution in [1.29, 1.82) is 0 Å². The summed E-state index contributed by atoms with van der Waals surface area (Å²) in [5.41, 5.74) is -1.39. The van der Waals surface area contributed by atoms with E-state index in [4.69, 9.17) is 25.8 Å². The Hall–Kier alpha value is -1.43. The number of carbonyl (C=O) groups excluding carboxylic acids is 1. The summed E-state index contributed by atoms with van der Waals surface area (Å²) in [6.45, 7) is 2.12. The predicted molar refractivity (Wildman–Crippen MR) is 77.2 cm³/mol. The number of carbonyl (C=O) groups is 1. The van der Waals surface area contributed by atoms with Crippen LogP contribution in [0.1, 0.15) is 18.9 Å². The van der Waals surface area contributed by atoms with Gasteiger partial charge in [0, 0.05) is 13.5 Å². The number of benzene rings is 1. The van der Waals surface area contributed by atoms with E-state index in [0.29, 0.717) is 13.0 Å². The lowest BCUT2D eigenvalue weighted by molar-refractivity contribution is -0.222. The van der Waals surface area contributed by atoms with Gasteiger partial charge >= 0.3 is 5.97 Å². The van der Waals surface area contributed by atoms with Gasteiger partial charge < -0.3 is 14.2 Å². The van der Waals surface area contributed by atoms with Crippen LogP contribution in [0.5, 0.6) is 0 Å². The van der Waals surface area contributed by atoms with Gasteiger partial charge in [0.25, 0.3) is 5.72 Å². The van der Waals surface area contributed by atoms with Crippen molar-refractivity contribution >= 4 is 22.7 Å². The smallest absolute Gasteiger partial charge is 0.362 e. The van der Waals surface area contributed by atoms with Crippen molar-refractivity contribution in [3.05, 3.63) is 35.9 Å². The first-order valence-electron chi connectivity index (χ1n) is 6.70. The number of methoxy groups -OCH3 is 1. The van der Waals surface area contributed by atoms with E-state index < -0.39 is 23.4 Å². The highest BCUT2D eigenvalue weighted by molar-refractivity contribution is 6.68. The highest BCUT2D eigenvalue weighted by atomic mass is 35.5. The fourth-order valence-electron chi connectivity index (χ4n) is 2.60. The maximum atomic E-state index is 12.0. The van der Waals surface area contributed by atoms with Crippen molar-refractivity contribution in [2.75, 3.05) is 7.11 Å². The van der Waals surface area contributed by atoms with Crippen LogP contribution >= 0.6 is 11.6 Å². The summed E-state index contributed by atoms with van der Waals surface area (Å²) in [7, 11) is 1.41. The molecule has 4 rings (SSSR count). The van der Waals surface area contributed by atoms with Crippen LogP contribution in [0, 0.1) is 0 Å². The van der Waals surface area contributed by atoms with Crippen LogP contribution in [-0.2, 0) is 25.6 Å². The third-order valence-corrected chi connectivity index (χ3v) is 4.48. The molecule has 0 amide bonds. The minimum Gasteiger partial charge on any atom is -0.445 e. The Morgan fingerprint density at radius 2 is 2.14 bits per heavy atom. The van der Waals surface area contributed by atoms with Crippen LogP contribution in [0.15, 0.2) is 35.3 Å². The van der Waals surface area contributed by atoms with Gasteiger partial charge in [-0.3, -0.25) is 0 Å².